The number of nitrogens with two attached hydrogens (primary N) is 1. The number of nitrogens with one attached hydrogen (secondary N) is 2. The molecule has 2 aliphatic carbocycles. The summed E-state index contributed by atoms with van der Waals surface area (Å²) in [6, 6.07) is 10.6. The Balaban J connectivity index is 1.17. The predicted molar refractivity (Wildman–Crippen MR) is 159 cm³/mol. The molecule has 3 heterocycles. The van der Waals surface area contributed by atoms with Crippen LogP contribution in [0.1, 0.15) is 75.8 Å². The maximum Gasteiger partial charge on any atom is 0.236 e. The summed E-state index contributed by atoms with van der Waals surface area (Å²) in [6.07, 6.45) is 13.8. The monoisotopic (exact) mass is 564 g/mol. The lowest BCUT2D eigenvalue weighted by Gasteiger charge is -2.31. The van der Waals surface area contributed by atoms with Gasteiger partial charge in [0.05, 0.1) is 6.33 Å². The average molecular weight is 565 g/mol. The molecule has 1 aliphatic heterocycles. The van der Waals surface area contributed by atoms with Gasteiger partial charge in [-0.3, -0.25) is 0 Å². The van der Waals surface area contributed by atoms with E-state index in [0.29, 0.717) is 44.0 Å². The molecule has 3 aromatic rings. The molecule has 6 rings (SSSR count). The van der Waals surface area contributed by atoms with Gasteiger partial charge in [-0.25, -0.2) is 13.4 Å². The van der Waals surface area contributed by atoms with Crippen molar-refractivity contribution in [2.75, 3.05) is 23.7 Å². The number of anilines is 2. The lowest BCUT2D eigenvalue weighted by Crippen LogP contribution is -2.41. The number of fused-ring (bicyclic) bond motifs is 1. The fourth-order valence-electron chi connectivity index (χ4n) is 6.24. The number of rotatable bonds is 8. The molecule has 2 saturated carbocycles. The van der Waals surface area contributed by atoms with Gasteiger partial charge in [-0.2, -0.15) is 14.3 Å². The molecule has 11 heteroatoms. The zero-order valence-electron chi connectivity index (χ0n) is 23.0. The van der Waals surface area contributed by atoms with Crippen LogP contribution in [0.4, 0.5) is 11.8 Å². The van der Waals surface area contributed by atoms with Crippen molar-refractivity contribution >= 4 is 39.0 Å². The second-order valence-corrected chi connectivity index (χ2v) is 13.3. The highest BCUT2D eigenvalue weighted by Crippen LogP contribution is 2.34. The van der Waals surface area contributed by atoms with E-state index < -0.39 is 10.0 Å². The third kappa shape index (κ3) is 6.16. The van der Waals surface area contributed by atoms with E-state index in [0.717, 1.165) is 61.1 Å². The molecule has 3 fully saturated rings. The standard InChI is InChI=1S/C29H40N8O2S/c30-22-10-12-23(13-11-22)33-29-34-27(26-28(35-29)37(20-31-26)25-8-4-5-9-25)32-24-14-17-36(18-15-24)40(38,39)19-16-21-6-2-1-3-7-21/h1-3,6-7,16,19-20,22-25H,4-5,8-15,17-18,30H2,(H2,32,33,34,35). The summed E-state index contributed by atoms with van der Waals surface area (Å²) in [6.45, 7) is 0.911. The fourth-order valence-corrected chi connectivity index (χ4v) is 7.46. The molecule has 0 amide bonds. The Bertz CT molecular complexity index is 1420. The van der Waals surface area contributed by atoms with Gasteiger partial charge in [-0.15, -0.1) is 0 Å². The molecule has 40 heavy (non-hydrogen) atoms. The Kier molecular flexibility index (Phi) is 8.04. The first-order valence-electron chi connectivity index (χ1n) is 14.7. The molecule has 0 spiro atoms. The SMILES string of the molecule is NC1CCC(Nc2nc(NC3CCN(S(=O)(=O)C=Cc4ccccc4)CC3)c3ncn(C4CCCC4)c3n2)CC1. The van der Waals surface area contributed by atoms with Crippen LogP contribution in [-0.4, -0.2) is 63.5 Å². The summed E-state index contributed by atoms with van der Waals surface area (Å²) in [5, 5.41) is 8.51. The van der Waals surface area contributed by atoms with Crippen molar-refractivity contribution in [1.82, 2.24) is 23.8 Å². The Morgan fingerprint density at radius 1 is 0.875 bits per heavy atom. The van der Waals surface area contributed by atoms with Gasteiger partial charge in [0.15, 0.2) is 17.0 Å². The quantitative estimate of drug-likeness (QED) is 0.365. The largest absolute Gasteiger partial charge is 0.365 e. The van der Waals surface area contributed by atoms with Crippen LogP contribution in [-0.2, 0) is 10.0 Å². The van der Waals surface area contributed by atoms with Gasteiger partial charge in [-0.1, -0.05) is 43.2 Å². The van der Waals surface area contributed by atoms with Crippen molar-refractivity contribution in [1.29, 1.82) is 0 Å². The number of aromatic nitrogens is 4. The number of piperidine rings is 1. The molecule has 10 nitrogen and oxygen atoms in total. The van der Waals surface area contributed by atoms with Crippen LogP contribution < -0.4 is 16.4 Å². The summed E-state index contributed by atoms with van der Waals surface area (Å²) < 4.78 is 29.7. The van der Waals surface area contributed by atoms with Crippen molar-refractivity contribution in [2.45, 2.75) is 88.4 Å². The van der Waals surface area contributed by atoms with Crippen LogP contribution >= 0.6 is 0 Å². The molecule has 1 saturated heterocycles. The number of nitrogens with zero attached hydrogens (tertiary/aromatic N) is 5. The van der Waals surface area contributed by atoms with Crippen LogP contribution in [0.3, 0.4) is 0 Å². The third-order valence-electron chi connectivity index (χ3n) is 8.63. The Morgan fingerprint density at radius 3 is 2.30 bits per heavy atom. The smallest absolute Gasteiger partial charge is 0.236 e. The van der Waals surface area contributed by atoms with Crippen LogP contribution in [0.2, 0.25) is 0 Å². The molecular formula is C29H40N8O2S. The van der Waals surface area contributed by atoms with Gasteiger partial charge in [0, 0.05) is 42.7 Å². The fraction of sp³-hybridized carbons (Fsp3) is 0.552. The topological polar surface area (TPSA) is 131 Å². The van der Waals surface area contributed by atoms with E-state index in [1.165, 1.54) is 18.2 Å². The van der Waals surface area contributed by atoms with E-state index >= 15 is 0 Å². The average Bonchev–Trinajstić information content (AvgIpc) is 3.65. The van der Waals surface area contributed by atoms with Gasteiger partial charge in [0.2, 0.25) is 16.0 Å². The van der Waals surface area contributed by atoms with Crippen LogP contribution in [0.15, 0.2) is 42.1 Å². The van der Waals surface area contributed by atoms with Gasteiger partial charge < -0.3 is 20.9 Å². The zero-order chi connectivity index (χ0) is 27.5. The van der Waals surface area contributed by atoms with E-state index in [2.05, 4.69) is 15.2 Å². The van der Waals surface area contributed by atoms with Crippen molar-refractivity contribution in [3.8, 4) is 0 Å². The van der Waals surface area contributed by atoms with Gasteiger partial charge >= 0.3 is 0 Å². The summed E-state index contributed by atoms with van der Waals surface area (Å²) in [5.41, 5.74) is 8.64. The maximum atomic E-state index is 13.0. The summed E-state index contributed by atoms with van der Waals surface area (Å²) in [7, 11) is -3.48. The minimum Gasteiger partial charge on any atom is -0.365 e. The van der Waals surface area contributed by atoms with Crippen molar-refractivity contribution < 1.29 is 8.42 Å². The van der Waals surface area contributed by atoms with E-state index in [1.54, 1.807) is 10.4 Å². The first kappa shape index (κ1) is 27.2. The van der Waals surface area contributed by atoms with Gasteiger partial charge in [0.1, 0.15) is 0 Å². The summed E-state index contributed by atoms with van der Waals surface area (Å²) >= 11 is 0. The van der Waals surface area contributed by atoms with E-state index in [4.69, 9.17) is 20.7 Å². The van der Waals surface area contributed by atoms with Crippen molar-refractivity contribution in [3.05, 3.63) is 47.6 Å². The highest BCUT2D eigenvalue weighted by atomic mass is 32.2. The molecule has 0 unspecified atom stereocenters. The normalized spacial score (nSPS) is 23.7. The van der Waals surface area contributed by atoms with Crippen LogP contribution in [0.5, 0.6) is 0 Å². The Hall–Kier alpha value is -3.02. The number of hydrogen-bond donors (Lipinski definition) is 3. The molecule has 2 aromatic heterocycles. The third-order valence-corrected chi connectivity index (χ3v) is 10.2. The Labute approximate surface area is 236 Å². The number of hydrogen-bond acceptors (Lipinski definition) is 8. The van der Waals surface area contributed by atoms with E-state index in [1.807, 2.05) is 36.7 Å². The zero-order valence-corrected chi connectivity index (χ0v) is 23.8. The molecule has 0 atom stereocenters. The lowest BCUT2D eigenvalue weighted by molar-refractivity contribution is 0.333. The van der Waals surface area contributed by atoms with Crippen LogP contribution in [0, 0.1) is 0 Å². The Morgan fingerprint density at radius 2 is 1.57 bits per heavy atom. The van der Waals surface area contributed by atoms with Crippen molar-refractivity contribution in [2.24, 2.45) is 5.73 Å². The molecule has 0 bridgehead atoms. The number of imidazole rings is 1. The second kappa shape index (κ2) is 11.8. The van der Waals surface area contributed by atoms with E-state index in [9.17, 15) is 8.42 Å². The molecule has 0 radical (unpaired) electrons. The number of sulfonamides is 1. The van der Waals surface area contributed by atoms with Crippen molar-refractivity contribution in [3.63, 3.8) is 0 Å². The molecule has 4 N–H and O–H groups in total. The molecule has 214 valence electrons. The van der Waals surface area contributed by atoms with Gasteiger partial charge in [-0.05, 0) is 63.0 Å². The first-order valence-corrected chi connectivity index (χ1v) is 16.2. The molecule has 3 aliphatic rings. The highest BCUT2D eigenvalue weighted by Gasteiger charge is 2.29. The predicted octanol–water partition coefficient (Wildman–Crippen LogP) is 4.50. The minimum atomic E-state index is -3.48. The first-order chi connectivity index (χ1) is 19.4. The lowest BCUT2D eigenvalue weighted by atomic mass is 9.92. The van der Waals surface area contributed by atoms with Crippen LogP contribution in [0.25, 0.3) is 17.2 Å². The van der Waals surface area contributed by atoms with Gasteiger partial charge in [0.25, 0.3) is 0 Å². The number of benzene rings is 1. The van der Waals surface area contributed by atoms with E-state index in [-0.39, 0.29) is 12.1 Å². The highest BCUT2D eigenvalue weighted by molar-refractivity contribution is 7.92. The maximum absolute atomic E-state index is 13.0. The molecule has 1 aromatic carbocycles. The minimum absolute atomic E-state index is 0.0970. The summed E-state index contributed by atoms with van der Waals surface area (Å²) in [4.78, 5) is 14.6. The summed E-state index contributed by atoms with van der Waals surface area (Å²) in [5.74, 6) is 1.35. The second-order valence-electron chi connectivity index (χ2n) is 11.5. The molecular weight excluding hydrogens is 524 g/mol.